The summed E-state index contributed by atoms with van der Waals surface area (Å²) in [4.78, 5) is 22.8. The molecule has 6 heteroatoms. The molecule has 0 spiro atoms. The fourth-order valence-corrected chi connectivity index (χ4v) is 2.98. The van der Waals surface area contributed by atoms with Gasteiger partial charge in [0.25, 0.3) is 0 Å². The molecule has 0 saturated heterocycles. The molecular weight excluding hydrogens is 533 g/mol. The third kappa shape index (κ3) is 3.90. The van der Waals surface area contributed by atoms with Crippen LogP contribution in [0, 0.1) is 0 Å². The summed E-state index contributed by atoms with van der Waals surface area (Å²) in [5.74, 6) is -0.990. The van der Waals surface area contributed by atoms with E-state index in [0.29, 0.717) is 0 Å². The number of benzene rings is 2. The molecule has 3 aromatic heterocycles. The van der Waals surface area contributed by atoms with Crippen molar-refractivity contribution in [3.8, 4) is 0 Å². The maximum Gasteiger partial charge on any atom is 0.354 e. The Labute approximate surface area is 175 Å². The van der Waals surface area contributed by atoms with Gasteiger partial charge in [0, 0.05) is 55.8 Å². The number of carboxylic acids is 1. The number of carboxylic acid groups (broad SMARTS) is 1. The van der Waals surface area contributed by atoms with E-state index < -0.39 is 5.97 Å². The summed E-state index contributed by atoms with van der Waals surface area (Å²) >= 11 is 0. The normalized spacial score (nSPS) is 10.1. The predicted molar refractivity (Wildman–Crippen MR) is 106 cm³/mol. The molecule has 0 radical (unpaired) electrons. The second-order valence-electron chi connectivity index (χ2n) is 5.90. The average molecular weight is 548 g/mol. The second-order valence-corrected chi connectivity index (χ2v) is 5.90. The van der Waals surface area contributed by atoms with E-state index in [1.165, 1.54) is 17.6 Å². The van der Waals surface area contributed by atoms with Crippen molar-refractivity contribution in [2.24, 2.45) is 0 Å². The molecule has 0 aliphatic carbocycles. The van der Waals surface area contributed by atoms with Gasteiger partial charge < -0.3 is 5.11 Å². The summed E-state index contributed by atoms with van der Waals surface area (Å²) in [6, 6.07) is 21.3. The molecule has 0 fully saturated rings. The van der Waals surface area contributed by atoms with E-state index in [0.717, 1.165) is 27.2 Å². The average Bonchev–Trinajstić information content (AvgIpc) is 2.74. The Morgan fingerprint density at radius 3 is 1.64 bits per heavy atom. The molecule has 140 valence electrons. The van der Waals surface area contributed by atoms with Crippen molar-refractivity contribution in [2.75, 3.05) is 0 Å². The summed E-state index contributed by atoms with van der Waals surface area (Å²) in [7, 11) is 0. The number of aromatic carboxylic acids is 1. The summed E-state index contributed by atoms with van der Waals surface area (Å²) < 4.78 is 0. The molecule has 5 aromatic rings. The fraction of sp³-hybridized carbons (Fsp3) is 0. The van der Waals surface area contributed by atoms with Gasteiger partial charge in [-0.25, -0.2) is 9.78 Å². The third-order valence-corrected chi connectivity index (χ3v) is 4.21. The van der Waals surface area contributed by atoms with E-state index in [1.807, 2.05) is 24.5 Å². The Morgan fingerprint density at radius 2 is 1.18 bits per heavy atom. The van der Waals surface area contributed by atoms with Crippen LogP contribution in [0.1, 0.15) is 10.5 Å². The van der Waals surface area contributed by atoms with Crippen LogP contribution in [0.25, 0.3) is 32.6 Å². The van der Waals surface area contributed by atoms with E-state index in [-0.39, 0.29) is 26.8 Å². The van der Waals surface area contributed by atoms with E-state index in [1.54, 1.807) is 12.1 Å². The molecule has 1 N–H and O–H groups in total. The number of pyridine rings is 3. The van der Waals surface area contributed by atoms with Gasteiger partial charge in [-0.1, -0.05) is 42.5 Å². The molecular formula is C22H15N3O2Pt. The molecule has 0 unspecified atom stereocenters. The Hall–Kier alpha value is -3.17. The maximum absolute atomic E-state index is 10.1. The topological polar surface area (TPSA) is 76.0 Å². The first-order chi connectivity index (χ1) is 13.2. The van der Waals surface area contributed by atoms with E-state index >= 15 is 0 Å². The molecule has 0 aliphatic rings. The molecule has 0 bridgehead atoms. The number of hydrogen-bond donors (Lipinski definition) is 1. The molecule has 0 atom stereocenters. The number of fused-ring (bicyclic) bond motifs is 5. The number of hydrogen-bond acceptors (Lipinski definition) is 4. The zero-order valence-corrected chi connectivity index (χ0v) is 16.9. The summed E-state index contributed by atoms with van der Waals surface area (Å²) in [6.45, 7) is 0. The molecule has 5 rings (SSSR count). The first-order valence-corrected chi connectivity index (χ1v) is 8.39. The van der Waals surface area contributed by atoms with Gasteiger partial charge >= 0.3 is 5.97 Å². The van der Waals surface area contributed by atoms with Crippen molar-refractivity contribution < 1.29 is 31.0 Å². The number of nitrogens with zero attached hydrogens (tertiary/aromatic N) is 3. The molecule has 0 aliphatic heterocycles. The monoisotopic (exact) mass is 548 g/mol. The van der Waals surface area contributed by atoms with Crippen molar-refractivity contribution in [1.29, 1.82) is 0 Å². The number of aromatic nitrogens is 3. The first-order valence-electron chi connectivity index (χ1n) is 8.39. The van der Waals surface area contributed by atoms with Gasteiger partial charge in [-0.15, -0.1) is 0 Å². The van der Waals surface area contributed by atoms with E-state index in [2.05, 4.69) is 51.4 Å². The fourth-order valence-electron chi connectivity index (χ4n) is 2.98. The molecule has 0 saturated carbocycles. The van der Waals surface area contributed by atoms with Crippen LogP contribution in [0.15, 0.2) is 85.3 Å². The van der Waals surface area contributed by atoms with Crippen LogP contribution in [-0.2, 0) is 21.1 Å². The van der Waals surface area contributed by atoms with E-state index in [9.17, 15) is 4.79 Å². The Kier molecular flexibility index (Phi) is 6.07. The van der Waals surface area contributed by atoms with Gasteiger partial charge in [0.2, 0.25) is 0 Å². The van der Waals surface area contributed by atoms with Gasteiger partial charge in [-0.2, -0.15) is 0 Å². The van der Waals surface area contributed by atoms with Crippen LogP contribution in [-0.4, -0.2) is 26.0 Å². The van der Waals surface area contributed by atoms with Gasteiger partial charge in [0.05, 0.1) is 11.0 Å². The predicted octanol–water partition coefficient (Wildman–Crippen LogP) is 4.71. The molecule has 3 heterocycles. The minimum Gasteiger partial charge on any atom is -0.477 e. The molecule has 2 aromatic carbocycles. The van der Waals surface area contributed by atoms with Crippen molar-refractivity contribution >= 4 is 38.5 Å². The molecule has 0 amide bonds. The zero-order valence-electron chi connectivity index (χ0n) is 14.6. The van der Waals surface area contributed by atoms with Crippen LogP contribution in [0.3, 0.4) is 0 Å². The smallest absolute Gasteiger partial charge is 0.354 e. The van der Waals surface area contributed by atoms with Crippen LogP contribution < -0.4 is 0 Å². The van der Waals surface area contributed by atoms with Crippen LogP contribution in [0.4, 0.5) is 0 Å². The van der Waals surface area contributed by atoms with Crippen molar-refractivity contribution in [3.63, 3.8) is 0 Å². The summed E-state index contributed by atoms with van der Waals surface area (Å²) in [6.07, 6.45) is 5.12. The van der Waals surface area contributed by atoms with Gasteiger partial charge in [0.1, 0.15) is 5.69 Å². The first kappa shape index (κ1) is 19.6. The van der Waals surface area contributed by atoms with Crippen molar-refractivity contribution in [1.82, 2.24) is 15.0 Å². The van der Waals surface area contributed by atoms with Gasteiger partial charge in [0.15, 0.2) is 0 Å². The SMILES string of the molecule is O=C(O)c1ccccn1.[Pt].c1cnc2c(c1)ccc1ccc3cccnc3c12. The quantitative estimate of drug-likeness (QED) is 0.307. The molecule has 5 nitrogen and oxygen atoms in total. The van der Waals surface area contributed by atoms with Crippen molar-refractivity contribution in [2.45, 2.75) is 0 Å². The molecule has 28 heavy (non-hydrogen) atoms. The summed E-state index contributed by atoms with van der Waals surface area (Å²) in [5.41, 5.74) is 2.14. The minimum absolute atomic E-state index is 0. The zero-order chi connectivity index (χ0) is 18.6. The van der Waals surface area contributed by atoms with Crippen LogP contribution in [0.5, 0.6) is 0 Å². The Balaban J connectivity index is 0.000000193. The Morgan fingerprint density at radius 1 is 0.643 bits per heavy atom. The summed E-state index contributed by atoms with van der Waals surface area (Å²) in [5, 5.41) is 13.0. The van der Waals surface area contributed by atoms with Gasteiger partial charge in [-0.05, 0) is 29.7 Å². The number of rotatable bonds is 1. The van der Waals surface area contributed by atoms with Crippen molar-refractivity contribution in [3.05, 3.63) is 91.0 Å². The largest absolute Gasteiger partial charge is 0.477 e. The van der Waals surface area contributed by atoms with Gasteiger partial charge in [-0.3, -0.25) is 9.97 Å². The van der Waals surface area contributed by atoms with Crippen LogP contribution in [0.2, 0.25) is 0 Å². The second kappa shape index (κ2) is 8.68. The third-order valence-electron chi connectivity index (χ3n) is 4.21. The number of carbonyl (C=O) groups is 1. The Bertz CT molecular complexity index is 1190. The minimum atomic E-state index is -0.990. The van der Waals surface area contributed by atoms with Crippen LogP contribution >= 0.6 is 0 Å². The standard InChI is InChI=1S/C16H10N2.C6H5NO2.Pt/c1-3-12-7-5-11-6-8-13-4-2-10-18-16(13)14(11)15(12)17-9-1;8-6(9)5-3-1-2-4-7-5;/h1-10H;1-4H,(H,8,9);. The van der Waals surface area contributed by atoms with E-state index in [4.69, 9.17) is 5.11 Å². The maximum atomic E-state index is 10.1.